The highest BCUT2D eigenvalue weighted by Gasteiger charge is 2.31. The van der Waals surface area contributed by atoms with Crippen molar-refractivity contribution >= 4 is 11.6 Å². The summed E-state index contributed by atoms with van der Waals surface area (Å²) in [6.45, 7) is 2.34. The van der Waals surface area contributed by atoms with Crippen LogP contribution in [0.3, 0.4) is 0 Å². The summed E-state index contributed by atoms with van der Waals surface area (Å²) in [6.07, 6.45) is 4.76. The summed E-state index contributed by atoms with van der Waals surface area (Å²) in [7, 11) is 0. The van der Waals surface area contributed by atoms with Crippen molar-refractivity contribution < 1.29 is 9.18 Å². The highest BCUT2D eigenvalue weighted by Crippen LogP contribution is 2.28. The van der Waals surface area contributed by atoms with Crippen LogP contribution < -0.4 is 11.1 Å². The summed E-state index contributed by atoms with van der Waals surface area (Å²) in [5, 5.41) is 3.41. The molecule has 0 aliphatic carbocycles. The highest BCUT2D eigenvalue weighted by molar-refractivity contribution is 5.94. The molecule has 108 valence electrons. The molecular formula is C15H20FN3O. The number of halogens is 1. The molecule has 2 heterocycles. The topological polar surface area (TPSA) is 58.4 Å². The average molecular weight is 277 g/mol. The molecule has 5 heteroatoms. The third-order valence-corrected chi connectivity index (χ3v) is 4.42. The molecule has 20 heavy (non-hydrogen) atoms. The van der Waals surface area contributed by atoms with Gasteiger partial charge in [0.25, 0.3) is 5.91 Å². The zero-order chi connectivity index (χ0) is 14.1. The van der Waals surface area contributed by atoms with Crippen molar-refractivity contribution in [2.24, 2.45) is 5.73 Å². The van der Waals surface area contributed by atoms with Crippen molar-refractivity contribution in [1.82, 2.24) is 4.90 Å². The maximum Gasteiger partial charge on any atom is 0.251 e. The molecule has 2 aliphatic heterocycles. The van der Waals surface area contributed by atoms with Gasteiger partial charge in [-0.3, -0.25) is 4.79 Å². The first-order valence-electron chi connectivity index (χ1n) is 7.23. The number of carbonyl (C=O) groups is 1. The minimum atomic E-state index is -0.725. The molecule has 1 aromatic carbocycles. The first kappa shape index (κ1) is 13.4. The molecule has 2 atom stereocenters. The number of nitrogens with two attached hydrogens (primary N) is 1. The van der Waals surface area contributed by atoms with Gasteiger partial charge in [0.1, 0.15) is 5.82 Å². The van der Waals surface area contributed by atoms with Gasteiger partial charge in [-0.05, 0) is 50.4 Å². The van der Waals surface area contributed by atoms with Gasteiger partial charge in [0.15, 0.2) is 0 Å². The van der Waals surface area contributed by atoms with Crippen LogP contribution in [0.25, 0.3) is 0 Å². The summed E-state index contributed by atoms with van der Waals surface area (Å²) in [5.74, 6) is -1.29. The number of rotatable bonds is 3. The summed E-state index contributed by atoms with van der Waals surface area (Å²) in [5.41, 5.74) is 5.90. The lowest BCUT2D eigenvalue weighted by atomic mass is 9.97. The number of fused-ring (bicyclic) bond motifs is 1. The SMILES string of the molecule is NC(=O)c1cc(NC2CCN3CCCC3C2)ccc1F. The van der Waals surface area contributed by atoms with Crippen LogP contribution in [0.1, 0.15) is 36.0 Å². The van der Waals surface area contributed by atoms with Crippen LogP contribution >= 0.6 is 0 Å². The van der Waals surface area contributed by atoms with Gasteiger partial charge in [-0.1, -0.05) is 0 Å². The van der Waals surface area contributed by atoms with Crippen LogP contribution in [0.4, 0.5) is 10.1 Å². The number of piperidine rings is 1. The van der Waals surface area contributed by atoms with E-state index in [1.807, 2.05) is 0 Å². The Bertz CT molecular complexity index is 520. The second-order valence-electron chi connectivity index (χ2n) is 5.76. The number of amides is 1. The molecule has 1 amide bonds. The predicted octanol–water partition coefficient (Wildman–Crippen LogP) is 1.96. The van der Waals surface area contributed by atoms with Gasteiger partial charge in [-0.15, -0.1) is 0 Å². The zero-order valence-electron chi connectivity index (χ0n) is 11.4. The van der Waals surface area contributed by atoms with E-state index in [1.54, 1.807) is 6.07 Å². The highest BCUT2D eigenvalue weighted by atomic mass is 19.1. The van der Waals surface area contributed by atoms with E-state index in [4.69, 9.17) is 5.73 Å². The number of carbonyl (C=O) groups excluding carboxylic acids is 1. The van der Waals surface area contributed by atoms with Crippen molar-refractivity contribution in [3.05, 3.63) is 29.6 Å². The molecule has 0 bridgehead atoms. The molecule has 2 fully saturated rings. The Morgan fingerprint density at radius 3 is 3.00 bits per heavy atom. The largest absolute Gasteiger partial charge is 0.382 e. The normalized spacial score (nSPS) is 26.2. The number of nitrogens with zero attached hydrogens (tertiary/aromatic N) is 1. The van der Waals surface area contributed by atoms with Crippen molar-refractivity contribution in [1.29, 1.82) is 0 Å². The Morgan fingerprint density at radius 2 is 2.20 bits per heavy atom. The molecule has 2 saturated heterocycles. The van der Waals surface area contributed by atoms with Gasteiger partial charge in [0.05, 0.1) is 5.56 Å². The molecular weight excluding hydrogens is 257 g/mol. The van der Waals surface area contributed by atoms with Gasteiger partial charge in [0, 0.05) is 24.3 Å². The Kier molecular flexibility index (Phi) is 3.61. The zero-order valence-corrected chi connectivity index (χ0v) is 11.4. The monoisotopic (exact) mass is 277 g/mol. The predicted molar refractivity (Wildman–Crippen MR) is 76.2 cm³/mol. The number of nitrogens with one attached hydrogen (secondary N) is 1. The van der Waals surface area contributed by atoms with E-state index >= 15 is 0 Å². The molecule has 2 unspecified atom stereocenters. The maximum atomic E-state index is 13.4. The third-order valence-electron chi connectivity index (χ3n) is 4.42. The Morgan fingerprint density at radius 1 is 1.35 bits per heavy atom. The van der Waals surface area contributed by atoms with Gasteiger partial charge >= 0.3 is 0 Å². The summed E-state index contributed by atoms with van der Waals surface area (Å²) in [6, 6.07) is 5.55. The van der Waals surface area contributed by atoms with Crippen molar-refractivity contribution in [3.8, 4) is 0 Å². The van der Waals surface area contributed by atoms with Crippen molar-refractivity contribution in [3.63, 3.8) is 0 Å². The molecule has 1 aromatic rings. The molecule has 3 rings (SSSR count). The third kappa shape index (κ3) is 2.63. The molecule has 0 radical (unpaired) electrons. The van der Waals surface area contributed by atoms with E-state index < -0.39 is 11.7 Å². The Labute approximate surface area is 118 Å². The first-order chi connectivity index (χ1) is 9.63. The average Bonchev–Trinajstić information content (AvgIpc) is 2.88. The fraction of sp³-hybridized carbons (Fsp3) is 0.533. The lowest BCUT2D eigenvalue weighted by molar-refractivity contribution is 0.0996. The van der Waals surface area contributed by atoms with E-state index in [9.17, 15) is 9.18 Å². The van der Waals surface area contributed by atoms with Crippen LogP contribution in [0.5, 0.6) is 0 Å². The van der Waals surface area contributed by atoms with E-state index in [-0.39, 0.29) is 5.56 Å². The van der Waals surface area contributed by atoms with Crippen LogP contribution in [0.2, 0.25) is 0 Å². The number of primary amides is 1. The van der Waals surface area contributed by atoms with E-state index in [0.717, 1.165) is 25.1 Å². The smallest absolute Gasteiger partial charge is 0.251 e. The molecule has 3 N–H and O–H groups in total. The second-order valence-corrected chi connectivity index (χ2v) is 5.76. The van der Waals surface area contributed by atoms with Crippen LogP contribution in [-0.4, -0.2) is 36.0 Å². The van der Waals surface area contributed by atoms with Gasteiger partial charge in [0.2, 0.25) is 0 Å². The number of benzene rings is 1. The first-order valence-corrected chi connectivity index (χ1v) is 7.23. The van der Waals surface area contributed by atoms with Crippen LogP contribution in [0.15, 0.2) is 18.2 Å². The molecule has 0 spiro atoms. The summed E-state index contributed by atoms with van der Waals surface area (Å²) < 4.78 is 13.4. The Hall–Kier alpha value is -1.62. The van der Waals surface area contributed by atoms with E-state index in [2.05, 4.69) is 10.2 Å². The van der Waals surface area contributed by atoms with Crippen LogP contribution in [-0.2, 0) is 0 Å². The van der Waals surface area contributed by atoms with E-state index in [1.165, 1.54) is 31.5 Å². The maximum absolute atomic E-state index is 13.4. The number of hydrogen-bond acceptors (Lipinski definition) is 3. The second kappa shape index (κ2) is 5.40. The lowest BCUT2D eigenvalue weighted by Crippen LogP contribution is -2.42. The Balaban J connectivity index is 1.68. The fourth-order valence-electron chi connectivity index (χ4n) is 3.40. The minimum absolute atomic E-state index is 0.0479. The summed E-state index contributed by atoms with van der Waals surface area (Å²) in [4.78, 5) is 13.7. The minimum Gasteiger partial charge on any atom is -0.382 e. The fourth-order valence-corrected chi connectivity index (χ4v) is 3.40. The molecule has 2 aliphatic rings. The van der Waals surface area contributed by atoms with E-state index in [0.29, 0.717) is 12.1 Å². The van der Waals surface area contributed by atoms with Gasteiger partial charge in [-0.25, -0.2) is 4.39 Å². The quantitative estimate of drug-likeness (QED) is 0.888. The lowest BCUT2D eigenvalue weighted by Gasteiger charge is -2.35. The van der Waals surface area contributed by atoms with Gasteiger partial charge in [-0.2, -0.15) is 0 Å². The van der Waals surface area contributed by atoms with Gasteiger partial charge < -0.3 is 16.0 Å². The molecule has 0 aromatic heterocycles. The standard InChI is InChI=1S/C15H20FN3O/c16-14-4-3-10(9-13(14)15(17)20)18-11-5-7-19-6-1-2-12(19)8-11/h3-4,9,11-12,18H,1-2,5-8H2,(H2,17,20). The molecule has 0 saturated carbocycles. The van der Waals surface area contributed by atoms with Crippen LogP contribution in [0, 0.1) is 5.82 Å². The molecule has 4 nitrogen and oxygen atoms in total. The summed E-state index contributed by atoms with van der Waals surface area (Å²) >= 11 is 0. The van der Waals surface area contributed by atoms with Crippen molar-refractivity contribution in [2.75, 3.05) is 18.4 Å². The van der Waals surface area contributed by atoms with Crippen molar-refractivity contribution in [2.45, 2.75) is 37.8 Å². The number of hydrogen-bond donors (Lipinski definition) is 2. The number of anilines is 1.